The molecule has 0 unspecified atom stereocenters. The van der Waals surface area contributed by atoms with Crippen LogP contribution >= 0.6 is 11.6 Å². The summed E-state index contributed by atoms with van der Waals surface area (Å²) < 4.78 is 1.75. The largest absolute Gasteiger partial charge is 0.307 e. The highest BCUT2D eigenvalue weighted by Crippen LogP contribution is 2.28. The Kier molecular flexibility index (Phi) is 3.79. The predicted molar refractivity (Wildman–Crippen MR) is 71.3 cm³/mol. The first-order chi connectivity index (χ1) is 8.02. The van der Waals surface area contributed by atoms with E-state index >= 15 is 0 Å². The highest BCUT2D eigenvalue weighted by molar-refractivity contribution is 6.30. The topological polar surface area (TPSA) is 29.9 Å². The first-order valence-corrected chi connectivity index (χ1v) is 6.83. The van der Waals surface area contributed by atoms with E-state index in [4.69, 9.17) is 11.6 Å². The van der Waals surface area contributed by atoms with Crippen LogP contribution in [0.4, 0.5) is 0 Å². The highest BCUT2D eigenvalue weighted by Gasteiger charge is 2.26. The van der Waals surface area contributed by atoms with Crippen molar-refractivity contribution in [3.05, 3.63) is 16.4 Å². The summed E-state index contributed by atoms with van der Waals surface area (Å²) in [5.74, 6) is 0. The van der Waals surface area contributed by atoms with Crippen molar-refractivity contribution >= 4 is 11.6 Å². The maximum absolute atomic E-state index is 6.24. The summed E-state index contributed by atoms with van der Waals surface area (Å²) in [4.78, 5) is 0. The molecule has 1 fully saturated rings. The van der Waals surface area contributed by atoms with Crippen LogP contribution in [0.5, 0.6) is 0 Å². The van der Waals surface area contributed by atoms with Gasteiger partial charge in [-0.1, -0.05) is 30.9 Å². The molecule has 0 aromatic carbocycles. The first-order valence-electron chi connectivity index (χ1n) is 6.45. The number of aryl methyl sites for hydroxylation is 2. The number of hydrogen-bond acceptors (Lipinski definition) is 2. The van der Waals surface area contributed by atoms with Crippen molar-refractivity contribution in [2.45, 2.75) is 58.0 Å². The van der Waals surface area contributed by atoms with Gasteiger partial charge in [-0.3, -0.25) is 4.68 Å². The van der Waals surface area contributed by atoms with Crippen LogP contribution in [0, 0.1) is 6.92 Å². The summed E-state index contributed by atoms with van der Waals surface area (Å²) >= 11 is 6.24. The molecule has 1 heterocycles. The van der Waals surface area contributed by atoms with Gasteiger partial charge in [0, 0.05) is 24.7 Å². The molecule has 4 heteroatoms. The summed E-state index contributed by atoms with van der Waals surface area (Å²) in [6.07, 6.45) is 6.59. The third kappa shape index (κ3) is 2.83. The van der Waals surface area contributed by atoms with E-state index in [-0.39, 0.29) is 5.54 Å². The molecule has 0 bridgehead atoms. The minimum atomic E-state index is 0.282. The maximum Gasteiger partial charge on any atom is 0.131 e. The van der Waals surface area contributed by atoms with Crippen LogP contribution in [0.1, 0.15) is 50.3 Å². The van der Waals surface area contributed by atoms with Gasteiger partial charge in [0.15, 0.2) is 0 Å². The van der Waals surface area contributed by atoms with Crippen LogP contribution < -0.4 is 5.32 Å². The lowest BCUT2D eigenvalue weighted by Crippen LogP contribution is -2.43. The van der Waals surface area contributed by atoms with Crippen molar-refractivity contribution in [3.8, 4) is 0 Å². The SMILES string of the molecule is Cc1nn(C)c(Cl)c1CNC1(C)CCCCC1. The molecule has 1 aromatic rings. The van der Waals surface area contributed by atoms with Gasteiger partial charge in [0.2, 0.25) is 0 Å². The van der Waals surface area contributed by atoms with Gasteiger partial charge in [-0.25, -0.2) is 0 Å². The highest BCUT2D eigenvalue weighted by atomic mass is 35.5. The molecule has 0 radical (unpaired) electrons. The summed E-state index contributed by atoms with van der Waals surface area (Å²) in [7, 11) is 1.89. The lowest BCUT2D eigenvalue weighted by molar-refractivity contribution is 0.252. The summed E-state index contributed by atoms with van der Waals surface area (Å²) in [6.45, 7) is 5.17. The lowest BCUT2D eigenvalue weighted by Gasteiger charge is -2.34. The second-order valence-electron chi connectivity index (χ2n) is 5.45. The minimum Gasteiger partial charge on any atom is -0.307 e. The van der Waals surface area contributed by atoms with E-state index in [9.17, 15) is 0 Å². The molecule has 1 aromatic heterocycles. The molecule has 1 N–H and O–H groups in total. The maximum atomic E-state index is 6.24. The molecule has 0 spiro atoms. The second kappa shape index (κ2) is 4.99. The average molecular weight is 256 g/mol. The normalized spacial score (nSPS) is 19.5. The van der Waals surface area contributed by atoms with E-state index in [1.807, 2.05) is 14.0 Å². The molecule has 0 atom stereocenters. The molecule has 17 heavy (non-hydrogen) atoms. The van der Waals surface area contributed by atoms with Crippen molar-refractivity contribution in [1.29, 1.82) is 0 Å². The standard InChI is InChI=1S/C13H22ClN3/c1-10-11(12(14)17(3)16-10)9-15-13(2)7-5-4-6-8-13/h15H,4-9H2,1-3H3. The van der Waals surface area contributed by atoms with Gasteiger partial charge in [-0.2, -0.15) is 5.10 Å². The molecule has 0 amide bonds. The van der Waals surface area contributed by atoms with Crippen molar-refractivity contribution < 1.29 is 0 Å². The molecule has 96 valence electrons. The Hall–Kier alpha value is -0.540. The van der Waals surface area contributed by atoms with Gasteiger partial charge >= 0.3 is 0 Å². The fourth-order valence-corrected chi connectivity index (χ4v) is 2.93. The monoisotopic (exact) mass is 255 g/mol. The quantitative estimate of drug-likeness (QED) is 0.899. The van der Waals surface area contributed by atoms with Crippen LogP contribution in [0.25, 0.3) is 0 Å². The van der Waals surface area contributed by atoms with Gasteiger partial charge in [-0.15, -0.1) is 0 Å². The number of halogens is 1. The van der Waals surface area contributed by atoms with Gasteiger partial charge in [-0.05, 0) is 26.7 Å². The molecule has 0 saturated heterocycles. The van der Waals surface area contributed by atoms with E-state index in [2.05, 4.69) is 17.3 Å². The fourth-order valence-electron chi connectivity index (χ4n) is 2.69. The zero-order chi connectivity index (χ0) is 12.5. The van der Waals surface area contributed by atoms with Crippen molar-refractivity contribution in [3.63, 3.8) is 0 Å². The molecular formula is C13H22ClN3. The molecule has 2 rings (SSSR count). The zero-order valence-corrected chi connectivity index (χ0v) is 11.8. The number of hydrogen-bond donors (Lipinski definition) is 1. The first kappa shape index (κ1) is 12.9. The third-order valence-electron chi connectivity index (χ3n) is 3.92. The van der Waals surface area contributed by atoms with Gasteiger partial charge in [0.25, 0.3) is 0 Å². The van der Waals surface area contributed by atoms with E-state index in [0.29, 0.717) is 0 Å². The van der Waals surface area contributed by atoms with E-state index < -0.39 is 0 Å². The number of aromatic nitrogens is 2. The van der Waals surface area contributed by atoms with Gasteiger partial charge in [0.1, 0.15) is 5.15 Å². The number of nitrogens with zero attached hydrogens (tertiary/aromatic N) is 2. The van der Waals surface area contributed by atoms with Crippen molar-refractivity contribution in [2.75, 3.05) is 0 Å². The Morgan fingerprint density at radius 2 is 2.00 bits per heavy atom. The van der Waals surface area contributed by atoms with Crippen molar-refractivity contribution in [1.82, 2.24) is 15.1 Å². The van der Waals surface area contributed by atoms with E-state index in [0.717, 1.165) is 23.0 Å². The zero-order valence-electron chi connectivity index (χ0n) is 11.0. The molecular weight excluding hydrogens is 234 g/mol. The number of nitrogens with one attached hydrogen (secondary N) is 1. The van der Waals surface area contributed by atoms with Crippen LogP contribution in [0.15, 0.2) is 0 Å². The average Bonchev–Trinajstić information content (AvgIpc) is 2.52. The third-order valence-corrected chi connectivity index (χ3v) is 4.39. The summed E-state index contributed by atoms with van der Waals surface area (Å²) in [6, 6.07) is 0. The van der Waals surface area contributed by atoms with Crippen LogP contribution in [0.2, 0.25) is 5.15 Å². The smallest absolute Gasteiger partial charge is 0.131 e. The number of rotatable bonds is 3. The summed E-state index contributed by atoms with van der Waals surface area (Å²) in [5.41, 5.74) is 2.45. The van der Waals surface area contributed by atoms with Crippen LogP contribution in [0.3, 0.4) is 0 Å². The Morgan fingerprint density at radius 3 is 2.53 bits per heavy atom. The predicted octanol–water partition coefficient (Wildman–Crippen LogP) is 3.19. The fraction of sp³-hybridized carbons (Fsp3) is 0.769. The van der Waals surface area contributed by atoms with E-state index in [1.165, 1.54) is 32.1 Å². The Balaban J connectivity index is 2.01. The molecule has 1 saturated carbocycles. The van der Waals surface area contributed by atoms with Gasteiger partial charge < -0.3 is 5.32 Å². The molecule has 1 aliphatic rings. The van der Waals surface area contributed by atoms with Crippen LogP contribution in [-0.4, -0.2) is 15.3 Å². The second-order valence-corrected chi connectivity index (χ2v) is 5.81. The lowest BCUT2D eigenvalue weighted by atomic mass is 9.83. The summed E-state index contributed by atoms with van der Waals surface area (Å²) in [5, 5.41) is 8.77. The van der Waals surface area contributed by atoms with E-state index in [1.54, 1.807) is 4.68 Å². The Morgan fingerprint density at radius 1 is 1.35 bits per heavy atom. The Bertz CT molecular complexity index is 392. The molecule has 1 aliphatic carbocycles. The molecule has 3 nitrogen and oxygen atoms in total. The van der Waals surface area contributed by atoms with Gasteiger partial charge in [0.05, 0.1) is 5.69 Å². The molecule has 0 aliphatic heterocycles. The van der Waals surface area contributed by atoms with Crippen LogP contribution in [-0.2, 0) is 13.6 Å². The minimum absolute atomic E-state index is 0.282. The van der Waals surface area contributed by atoms with Crippen molar-refractivity contribution in [2.24, 2.45) is 7.05 Å². The Labute approximate surface area is 109 Å².